The molecule has 2 N–H and O–H groups in total. The highest BCUT2D eigenvalue weighted by molar-refractivity contribution is 6.30. The molecule has 4 nitrogen and oxygen atoms in total. The largest absolute Gasteiger partial charge is 0.488 e. The van der Waals surface area contributed by atoms with Crippen molar-refractivity contribution in [1.29, 1.82) is 0 Å². The summed E-state index contributed by atoms with van der Waals surface area (Å²) in [5.74, 6) is -11.1. The van der Waals surface area contributed by atoms with Crippen LogP contribution in [0, 0.1) is 29.1 Å². The number of benzene rings is 2. The second-order valence-corrected chi connectivity index (χ2v) is 6.12. The molecule has 0 saturated heterocycles. The van der Waals surface area contributed by atoms with Gasteiger partial charge in [-0.2, -0.15) is 0 Å². The molecule has 2 aromatic carbocycles. The molecule has 0 aliphatic heterocycles. The Morgan fingerprint density at radius 3 is 2.07 bits per heavy atom. The van der Waals surface area contributed by atoms with E-state index in [0.29, 0.717) is 22.2 Å². The Hall–Kier alpha value is -2.39. The zero-order chi connectivity index (χ0) is 20.1. The highest BCUT2D eigenvalue weighted by Crippen LogP contribution is 2.26. The number of amides is 1. The van der Waals surface area contributed by atoms with Crippen LogP contribution in [0.5, 0.6) is 5.75 Å². The molecule has 1 unspecified atom stereocenters. The molecule has 0 heterocycles. The Balaban J connectivity index is 1.89. The van der Waals surface area contributed by atoms with E-state index >= 15 is 0 Å². The summed E-state index contributed by atoms with van der Waals surface area (Å²) in [6.07, 6.45) is 0. The lowest BCUT2D eigenvalue weighted by Gasteiger charge is -2.15. The van der Waals surface area contributed by atoms with E-state index in [1.165, 1.54) is 0 Å². The van der Waals surface area contributed by atoms with Crippen LogP contribution in [0.3, 0.4) is 0 Å². The minimum Gasteiger partial charge on any atom is -0.488 e. The summed E-state index contributed by atoms with van der Waals surface area (Å²) >= 11 is 5.75. The maximum Gasteiger partial charge on any atom is 0.279 e. The first-order valence-electron chi connectivity index (χ1n) is 7.71. The zero-order valence-corrected chi connectivity index (χ0v) is 14.8. The molecule has 2 aromatic rings. The molecule has 1 atom stereocenters. The van der Waals surface area contributed by atoms with Crippen molar-refractivity contribution in [3.8, 4) is 5.75 Å². The van der Waals surface area contributed by atoms with Gasteiger partial charge in [0.25, 0.3) is 5.91 Å². The summed E-state index contributed by atoms with van der Waals surface area (Å²) < 4.78 is 71.8. The van der Waals surface area contributed by atoms with Crippen molar-refractivity contribution in [3.63, 3.8) is 0 Å². The minimum absolute atomic E-state index is 0.225. The summed E-state index contributed by atoms with van der Waals surface area (Å²) in [5, 5.41) is 2.27. The van der Waals surface area contributed by atoms with Gasteiger partial charge in [-0.05, 0) is 24.3 Å². The first kappa shape index (κ1) is 20.9. The van der Waals surface area contributed by atoms with Crippen LogP contribution >= 0.6 is 11.6 Å². The van der Waals surface area contributed by atoms with Crippen molar-refractivity contribution in [2.75, 3.05) is 32.1 Å². The van der Waals surface area contributed by atoms with Crippen LogP contribution in [-0.4, -0.2) is 32.7 Å². The second kappa shape index (κ2) is 9.01. The van der Waals surface area contributed by atoms with E-state index in [1.807, 2.05) is 0 Å². The lowest BCUT2D eigenvalue weighted by atomic mass is 10.2. The van der Waals surface area contributed by atoms with Crippen LogP contribution in [0.15, 0.2) is 24.3 Å². The summed E-state index contributed by atoms with van der Waals surface area (Å²) in [6, 6.07) is 6.61. The number of rotatable bonds is 7. The number of halogens is 6. The predicted molar refractivity (Wildman–Crippen MR) is 88.4 cm³/mol. The molecule has 0 aromatic heterocycles. The third-order valence-electron chi connectivity index (χ3n) is 3.55. The lowest BCUT2D eigenvalue weighted by molar-refractivity contribution is -0.871. The van der Waals surface area contributed by atoms with Gasteiger partial charge in [-0.3, -0.25) is 4.79 Å². The number of carbonyl (C=O) groups is 1. The normalized spacial score (nSPS) is 12.0. The van der Waals surface area contributed by atoms with Crippen LogP contribution in [0.4, 0.5) is 27.6 Å². The van der Waals surface area contributed by atoms with Gasteiger partial charge in [0, 0.05) is 5.02 Å². The van der Waals surface area contributed by atoms with Gasteiger partial charge in [-0.15, -0.1) is 0 Å². The van der Waals surface area contributed by atoms with Crippen LogP contribution in [0.1, 0.15) is 0 Å². The van der Waals surface area contributed by atoms with Crippen molar-refractivity contribution >= 4 is 23.2 Å². The number of ether oxygens (including phenoxy) is 1. The number of anilines is 1. The molecule has 146 valence electrons. The molecule has 0 fully saturated rings. The van der Waals surface area contributed by atoms with Gasteiger partial charge in [-0.25, -0.2) is 22.0 Å². The number of likely N-dealkylation sites (N-methyl/N-ethyl adjacent to an activating group) is 1. The molecule has 0 saturated carbocycles. The molecular formula is C17H15ClF5N2O2+. The smallest absolute Gasteiger partial charge is 0.279 e. The number of nitrogens with one attached hydrogen (secondary N) is 2. The molecule has 10 heteroatoms. The predicted octanol–water partition coefficient (Wildman–Crippen LogP) is 2.57. The third kappa shape index (κ3) is 5.30. The molecule has 0 aliphatic rings. The van der Waals surface area contributed by atoms with Crippen molar-refractivity contribution in [2.24, 2.45) is 0 Å². The first-order chi connectivity index (χ1) is 12.7. The van der Waals surface area contributed by atoms with Gasteiger partial charge < -0.3 is 15.0 Å². The van der Waals surface area contributed by atoms with E-state index < -0.39 is 40.7 Å². The fourth-order valence-electron chi connectivity index (χ4n) is 2.13. The van der Waals surface area contributed by atoms with Gasteiger partial charge in [-0.1, -0.05) is 11.6 Å². The molecule has 27 heavy (non-hydrogen) atoms. The number of hydrogen-bond acceptors (Lipinski definition) is 2. The Morgan fingerprint density at radius 2 is 1.52 bits per heavy atom. The fraction of sp³-hybridized carbons (Fsp3) is 0.235. The standard InChI is InChI=1S/C17H14ClF5N2O2/c1-25(6-7-27-10-4-2-9(18)3-5-10)8-11(26)24-17-15(22)13(20)12(19)14(21)16(17)23/h2-5H,6-8H2,1H3,(H,24,26)/p+1. The van der Waals surface area contributed by atoms with Gasteiger partial charge in [0.1, 0.15) is 24.6 Å². The first-order valence-corrected chi connectivity index (χ1v) is 8.09. The molecule has 1 amide bonds. The third-order valence-corrected chi connectivity index (χ3v) is 3.80. The average molecular weight is 410 g/mol. The maximum atomic E-state index is 13.5. The minimum atomic E-state index is -2.29. The van der Waals surface area contributed by atoms with Crippen LogP contribution in [-0.2, 0) is 4.79 Å². The van der Waals surface area contributed by atoms with E-state index in [-0.39, 0.29) is 13.2 Å². The average Bonchev–Trinajstić information content (AvgIpc) is 2.63. The molecule has 0 radical (unpaired) electrons. The van der Waals surface area contributed by atoms with Crippen LogP contribution in [0.25, 0.3) is 0 Å². The van der Waals surface area contributed by atoms with Gasteiger partial charge in [0.15, 0.2) is 29.8 Å². The maximum absolute atomic E-state index is 13.5. The lowest BCUT2D eigenvalue weighted by Crippen LogP contribution is -3.10. The Bertz CT molecular complexity index is 804. The summed E-state index contributed by atoms with van der Waals surface area (Å²) in [7, 11) is 1.60. The molecular weight excluding hydrogens is 395 g/mol. The molecule has 0 aliphatic carbocycles. The van der Waals surface area contributed by atoms with E-state index in [2.05, 4.69) is 0 Å². The molecule has 2 rings (SSSR count). The molecule has 0 spiro atoms. The van der Waals surface area contributed by atoms with Gasteiger partial charge in [0.05, 0.1) is 7.05 Å². The van der Waals surface area contributed by atoms with Crippen molar-refractivity contribution in [2.45, 2.75) is 0 Å². The Morgan fingerprint density at radius 1 is 1.00 bits per heavy atom. The second-order valence-electron chi connectivity index (χ2n) is 5.68. The Labute approximate surface area is 156 Å². The van der Waals surface area contributed by atoms with Crippen molar-refractivity contribution < 1.29 is 36.4 Å². The van der Waals surface area contributed by atoms with Gasteiger partial charge >= 0.3 is 0 Å². The summed E-state index contributed by atoms with van der Waals surface area (Å²) in [5.41, 5.74) is -1.37. The van der Waals surface area contributed by atoms with Crippen LogP contribution < -0.4 is 15.0 Å². The van der Waals surface area contributed by atoms with Crippen molar-refractivity contribution in [1.82, 2.24) is 0 Å². The topological polar surface area (TPSA) is 42.8 Å². The quantitative estimate of drug-likeness (QED) is 0.419. The summed E-state index contributed by atoms with van der Waals surface area (Å²) in [4.78, 5) is 12.4. The SMILES string of the molecule is C[NH+](CCOc1ccc(Cl)cc1)CC(=O)Nc1c(F)c(F)c(F)c(F)c1F. The van der Waals surface area contributed by atoms with E-state index in [1.54, 1.807) is 36.6 Å². The fourth-order valence-corrected chi connectivity index (χ4v) is 2.26. The van der Waals surface area contributed by atoms with Crippen LogP contribution in [0.2, 0.25) is 5.02 Å². The Kier molecular flexibility index (Phi) is 6.98. The van der Waals surface area contributed by atoms with Crippen molar-refractivity contribution in [3.05, 3.63) is 58.4 Å². The molecule has 0 bridgehead atoms. The summed E-state index contributed by atoms with van der Waals surface area (Å²) in [6.45, 7) is 0.292. The monoisotopic (exact) mass is 409 g/mol. The zero-order valence-electron chi connectivity index (χ0n) is 14.0. The van der Waals surface area contributed by atoms with E-state index in [4.69, 9.17) is 16.3 Å². The van der Waals surface area contributed by atoms with E-state index in [0.717, 1.165) is 0 Å². The highest BCUT2D eigenvalue weighted by atomic mass is 35.5. The number of quaternary nitrogens is 1. The highest BCUT2D eigenvalue weighted by Gasteiger charge is 2.27. The number of carbonyl (C=O) groups excluding carboxylic acids is 1. The van der Waals surface area contributed by atoms with E-state index in [9.17, 15) is 26.7 Å². The number of hydrogen-bond donors (Lipinski definition) is 2. The van der Waals surface area contributed by atoms with Gasteiger partial charge in [0.2, 0.25) is 5.82 Å².